The Morgan fingerprint density at radius 1 is 0.929 bits per heavy atom. The van der Waals surface area contributed by atoms with E-state index in [2.05, 4.69) is 10.6 Å². The summed E-state index contributed by atoms with van der Waals surface area (Å²) in [7, 11) is 0. The maximum Gasteiger partial charge on any atom is 0.322 e. The molecule has 0 aliphatic carbocycles. The SMILES string of the molecule is Cl.Cl.O=C(O)C1NCCNC1C(=O)O. The molecule has 1 saturated heterocycles. The Labute approximate surface area is 92.9 Å². The third kappa shape index (κ3) is 3.67. The Kier molecular flexibility index (Phi) is 7.75. The van der Waals surface area contributed by atoms with Crippen LogP contribution in [0.4, 0.5) is 0 Å². The smallest absolute Gasteiger partial charge is 0.322 e. The molecule has 1 fully saturated rings. The van der Waals surface area contributed by atoms with Crippen LogP contribution in [-0.2, 0) is 9.59 Å². The highest BCUT2D eigenvalue weighted by atomic mass is 35.5. The number of aliphatic carboxylic acids is 2. The van der Waals surface area contributed by atoms with Gasteiger partial charge in [-0.15, -0.1) is 24.8 Å². The molecular weight excluding hydrogens is 235 g/mol. The van der Waals surface area contributed by atoms with E-state index >= 15 is 0 Å². The van der Waals surface area contributed by atoms with Gasteiger partial charge in [-0.05, 0) is 0 Å². The monoisotopic (exact) mass is 246 g/mol. The summed E-state index contributed by atoms with van der Waals surface area (Å²) in [6.45, 7) is 0.946. The van der Waals surface area contributed by atoms with Crippen molar-refractivity contribution >= 4 is 36.8 Å². The minimum Gasteiger partial charge on any atom is -0.480 e. The number of rotatable bonds is 2. The number of carboxylic acid groups (broad SMARTS) is 2. The molecule has 0 aromatic rings. The lowest BCUT2D eigenvalue weighted by molar-refractivity contribution is -0.149. The predicted octanol–water partition coefficient (Wildman–Crippen LogP) is -1.07. The first-order valence-electron chi connectivity index (χ1n) is 3.55. The summed E-state index contributed by atoms with van der Waals surface area (Å²) in [6.07, 6.45) is 0. The van der Waals surface area contributed by atoms with Gasteiger partial charge in [-0.25, -0.2) is 0 Å². The first kappa shape index (κ1) is 15.9. The van der Waals surface area contributed by atoms with Gasteiger partial charge in [-0.3, -0.25) is 9.59 Å². The van der Waals surface area contributed by atoms with Crippen molar-refractivity contribution in [2.75, 3.05) is 13.1 Å². The number of carbonyl (C=O) groups is 2. The van der Waals surface area contributed by atoms with Gasteiger partial charge in [0.1, 0.15) is 12.1 Å². The standard InChI is InChI=1S/C6H10N2O4.2ClH/c9-5(10)3-4(6(11)12)8-2-1-7-3;;/h3-4,7-8H,1-2H2,(H,9,10)(H,11,12);2*1H. The number of piperazine rings is 1. The molecule has 6 nitrogen and oxygen atoms in total. The average molecular weight is 247 g/mol. The number of halogens is 2. The van der Waals surface area contributed by atoms with Gasteiger partial charge in [0.05, 0.1) is 0 Å². The van der Waals surface area contributed by atoms with E-state index in [0.717, 1.165) is 0 Å². The second-order valence-electron chi connectivity index (χ2n) is 2.54. The highest BCUT2D eigenvalue weighted by Crippen LogP contribution is 1.98. The molecule has 2 atom stereocenters. The number of carboxylic acids is 2. The minimum absolute atomic E-state index is 0. The molecule has 1 aliphatic heterocycles. The summed E-state index contributed by atoms with van der Waals surface area (Å²) < 4.78 is 0. The molecule has 0 spiro atoms. The van der Waals surface area contributed by atoms with Gasteiger partial charge >= 0.3 is 11.9 Å². The average Bonchev–Trinajstić information content (AvgIpc) is 2.04. The van der Waals surface area contributed by atoms with E-state index in [1.165, 1.54) is 0 Å². The Balaban J connectivity index is 0. The molecule has 14 heavy (non-hydrogen) atoms. The van der Waals surface area contributed by atoms with Crippen LogP contribution >= 0.6 is 24.8 Å². The molecule has 0 radical (unpaired) electrons. The molecule has 0 bridgehead atoms. The van der Waals surface area contributed by atoms with Crippen molar-refractivity contribution in [2.24, 2.45) is 0 Å². The molecule has 1 aliphatic rings. The van der Waals surface area contributed by atoms with Crippen molar-refractivity contribution in [3.05, 3.63) is 0 Å². The van der Waals surface area contributed by atoms with Crippen LogP contribution < -0.4 is 10.6 Å². The van der Waals surface area contributed by atoms with Gasteiger partial charge < -0.3 is 20.8 Å². The summed E-state index contributed by atoms with van der Waals surface area (Å²) in [5.74, 6) is -2.29. The van der Waals surface area contributed by atoms with Gasteiger partial charge in [-0.2, -0.15) is 0 Å². The summed E-state index contributed by atoms with van der Waals surface area (Å²) >= 11 is 0. The molecule has 84 valence electrons. The van der Waals surface area contributed by atoms with E-state index in [9.17, 15) is 9.59 Å². The number of nitrogens with one attached hydrogen (secondary N) is 2. The molecule has 0 aromatic carbocycles. The fourth-order valence-corrected chi connectivity index (χ4v) is 1.15. The molecule has 0 aromatic heterocycles. The lowest BCUT2D eigenvalue weighted by Gasteiger charge is -2.27. The molecular formula is C6H12Cl2N2O4. The van der Waals surface area contributed by atoms with Crippen molar-refractivity contribution in [2.45, 2.75) is 12.1 Å². The summed E-state index contributed by atoms with van der Waals surface area (Å²) in [4.78, 5) is 21.0. The van der Waals surface area contributed by atoms with Crippen LogP contribution in [0.5, 0.6) is 0 Å². The lowest BCUT2D eigenvalue weighted by Crippen LogP contribution is -2.62. The minimum atomic E-state index is -1.14. The highest BCUT2D eigenvalue weighted by molar-refractivity contribution is 5.86. The second kappa shape index (κ2) is 6.83. The summed E-state index contributed by atoms with van der Waals surface area (Å²) in [6, 6.07) is -2.06. The second-order valence-corrected chi connectivity index (χ2v) is 2.54. The van der Waals surface area contributed by atoms with Crippen molar-refractivity contribution in [1.29, 1.82) is 0 Å². The molecule has 4 N–H and O–H groups in total. The lowest BCUT2D eigenvalue weighted by atomic mass is 10.1. The van der Waals surface area contributed by atoms with Gasteiger partial charge in [-0.1, -0.05) is 0 Å². The van der Waals surface area contributed by atoms with Crippen LogP contribution in [0.15, 0.2) is 0 Å². The van der Waals surface area contributed by atoms with Crippen molar-refractivity contribution < 1.29 is 19.8 Å². The fraction of sp³-hybridized carbons (Fsp3) is 0.667. The highest BCUT2D eigenvalue weighted by Gasteiger charge is 2.35. The maximum absolute atomic E-state index is 10.5. The topological polar surface area (TPSA) is 98.7 Å². The van der Waals surface area contributed by atoms with E-state index in [1.54, 1.807) is 0 Å². The number of hydrogen-bond donors (Lipinski definition) is 4. The van der Waals surface area contributed by atoms with Crippen LogP contribution in [0.1, 0.15) is 0 Å². The first-order chi connectivity index (χ1) is 5.63. The van der Waals surface area contributed by atoms with Crippen LogP contribution in [0, 0.1) is 0 Å². The zero-order valence-corrected chi connectivity index (χ0v) is 8.73. The fourth-order valence-electron chi connectivity index (χ4n) is 1.15. The van der Waals surface area contributed by atoms with Crippen molar-refractivity contribution in [1.82, 2.24) is 10.6 Å². The van der Waals surface area contributed by atoms with E-state index in [4.69, 9.17) is 10.2 Å². The van der Waals surface area contributed by atoms with Gasteiger partial charge in [0.2, 0.25) is 0 Å². The molecule has 8 heteroatoms. The Hall–Kier alpha value is -0.560. The summed E-state index contributed by atoms with van der Waals surface area (Å²) in [5.41, 5.74) is 0. The van der Waals surface area contributed by atoms with E-state index in [-0.39, 0.29) is 24.8 Å². The Bertz CT molecular complexity index is 192. The molecule has 2 unspecified atom stereocenters. The largest absolute Gasteiger partial charge is 0.480 e. The van der Waals surface area contributed by atoms with Crippen LogP contribution in [-0.4, -0.2) is 47.3 Å². The zero-order chi connectivity index (χ0) is 9.14. The van der Waals surface area contributed by atoms with Crippen LogP contribution in [0.25, 0.3) is 0 Å². The molecule has 1 rings (SSSR count). The predicted molar refractivity (Wildman–Crippen MR) is 53.3 cm³/mol. The van der Waals surface area contributed by atoms with E-state index in [0.29, 0.717) is 13.1 Å². The summed E-state index contributed by atoms with van der Waals surface area (Å²) in [5, 5.41) is 22.4. The zero-order valence-electron chi connectivity index (χ0n) is 7.10. The van der Waals surface area contributed by atoms with Crippen molar-refractivity contribution in [3.63, 3.8) is 0 Å². The van der Waals surface area contributed by atoms with Crippen LogP contribution in [0.3, 0.4) is 0 Å². The van der Waals surface area contributed by atoms with Gasteiger partial charge in [0.25, 0.3) is 0 Å². The van der Waals surface area contributed by atoms with Crippen LogP contribution in [0.2, 0.25) is 0 Å². The maximum atomic E-state index is 10.5. The molecule has 0 saturated carbocycles. The Morgan fingerprint density at radius 3 is 1.43 bits per heavy atom. The third-order valence-electron chi connectivity index (χ3n) is 1.72. The van der Waals surface area contributed by atoms with Gasteiger partial charge in [0.15, 0.2) is 0 Å². The number of hydrogen-bond acceptors (Lipinski definition) is 4. The van der Waals surface area contributed by atoms with Gasteiger partial charge in [0, 0.05) is 13.1 Å². The normalized spacial score (nSPS) is 25.4. The Morgan fingerprint density at radius 2 is 1.21 bits per heavy atom. The quantitative estimate of drug-likeness (QED) is 0.496. The third-order valence-corrected chi connectivity index (χ3v) is 1.72. The molecule has 1 heterocycles. The van der Waals surface area contributed by atoms with E-state index < -0.39 is 24.0 Å². The van der Waals surface area contributed by atoms with Crippen molar-refractivity contribution in [3.8, 4) is 0 Å². The first-order valence-corrected chi connectivity index (χ1v) is 3.55. The molecule has 0 amide bonds. The van der Waals surface area contributed by atoms with E-state index in [1.807, 2.05) is 0 Å².